The summed E-state index contributed by atoms with van der Waals surface area (Å²) in [5.41, 5.74) is 0.180. The standard InChI is InChI=1S/C17H22N2O5S/c1-11-3-6-13(25(23,24)19-12-4-5-12)9-14(11)16(22)18-17(7-2-8-17)10-15(20)21/h3,6,9,12,19H,2,4-5,7-8,10H2,1H3,(H,18,22)(H,20,21). The Morgan fingerprint density at radius 1 is 1.28 bits per heavy atom. The van der Waals surface area contributed by atoms with E-state index >= 15 is 0 Å². The second-order valence-corrected chi connectivity index (χ2v) is 8.74. The van der Waals surface area contributed by atoms with Gasteiger partial charge in [0.15, 0.2) is 0 Å². The molecule has 8 heteroatoms. The molecule has 0 aromatic heterocycles. The Labute approximate surface area is 146 Å². The van der Waals surface area contributed by atoms with Crippen LogP contribution in [0.1, 0.15) is 54.4 Å². The molecule has 0 bridgehead atoms. The normalized spacial score (nSPS) is 19.1. The van der Waals surface area contributed by atoms with Crippen molar-refractivity contribution < 1.29 is 23.1 Å². The van der Waals surface area contributed by atoms with Crippen LogP contribution >= 0.6 is 0 Å². The van der Waals surface area contributed by atoms with E-state index in [0.717, 1.165) is 19.3 Å². The maximum absolute atomic E-state index is 12.6. The Kier molecular flexibility index (Phi) is 4.59. The molecule has 0 radical (unpaired) electrons. The zero-order valence-electron chi connectivity index (χ0n) is 14.0. The molecule has 2 aliphatic carbocycles. The average Bonchev–Trinajstić information content (AvgIpc) is 3.27. The predicted molar refractivity (Wildman–Crippen MR) is 90.8 cm³/mol. The number of carbonyl (C=O) groups is 2. The smallest absolute Gasteiger partial charge is 0.305 e. The number of hydrogen-bond donors (Lipinski definition) is 3. The van der Waals surface area contributed by atoms with Crippen molar-refractivity contribution in [3.63, 3.8) is 0 Å². The van der Waals surface area contributed by atoms with Crippen LogP contribution in [0.3, 0.4) is 0 Å². The molecular weight excluding hydrogens is 344 g/mol. The van der Waals surface area contributed by atoms with E-state index in [4.69, 9.17) is 5.11 Å². The van der Waals surface area contributed by atoms with Crippen LogP contribution in [0.15, 0.2) is 23.1 Å². The monoisotopic (exact) mass is 366 g/mol. The molecule has 0 spiro atoms. The lowest BCUT2D eigenvalue weighted by molar-refractivity contribution is -0.139. The molecule has 0 atom stereocenters. The summed E-state index contributed by atoms with van der Waals surface area (Å²) in [5.74, 6) is -1.39. The van der Waals surface area contributed by atoms with E-state index < -0.39 is 27.4 Å². The van der Waals surface area contributed by atoms with Gasteiger partial charge in [0, 0.05) is 11.6 Å². The minimum Gasteiger partial charge on any atom is -0.481 e. The van der Waals surface area contributed by atoms with Gasteiger partial charge < -0.3 is 10.4 Å². The van der Waals surface area contributed by atoms with Crippen LogP contribution in [0, 0.1) is 6.92 Å². The van der Waals surface area contributed by atoms with E-state index in [1.54, 1.807) is 13.0 Å². The molecule has 136 valence electrons. The summed E-state index contributed by atoms with van der Waals surface area (Å²) >= 11 is 0. The van der Waals surface area contributed by atoms with Gasteiger partial charge in [0.25, 0.3) is 5.91 Å². The Bertz CT molecular complexity index is 810. The van der Waals surface area contributed by atoms with E-state index in [-0.39, 0.29) is 22.9 Å². The van der Waals surface area contributed by atoms with Crippen LogP contribution < -0.4 is 10.0 Å². The lowest BCUT2D eigenvalue weighted by Crippen LogP contribution is -2.54. The van der Waals surface area contributed by atoms with Gasteiger partial charge in [-0.1, -0.05) is 6.07 Å². The highest BCUT2D eigenvalue weighted by molar-refractivity contribution is 7.89. The second-order valence-electron chi connectivity index (χ2n) is 7.03. The minimum atomic E-state index is -3.65. The van der Waals surface area contributed by atoms with E-state index in [1.165, 1.54) is 12.1 Å². The maximum atomic E-state index is 12.6. The number of nitrogens with one attached hydrogen (secondary N) is 2. The first-order chi connectivity index (χ1) is 11.7. The summed E-state index contributed by atoms with van der Waals surface area (Å²) in [7, 11) is -3.65. The highest BCUT2D eigenvalue weighted by atomic mass is 32.2. The molecule has 1 amide bonds. The number of sulfonamides is 1. The molecule has 3 rings (SSSR count). The number of amides is 1. The van der Waals surface area contributed by atoms with Gasteiger partial charge >= 0.3 is 5.97 Å². The number of aliphatic carboxylic acids is 1. The number of carboxylic acids is 1. The van der Waals surface area contributed by atoms with E-state index in [2.05, 4.69) is 10.0 Å². The van der Waals surface area contributed by atoms with Gasteiger partial charge in [-0.15, -0.1) is 0 Å². The molecule has 2 saturated carbocycles. The quantitative estimate of drug-likeness (QED) is 0.678. The maximum Gasteiger partial charge on any atom is 0.305 e. The summed E-state index contributed by atoms with van der Waals surface area (Å²) in [6, 6.07) is 4.42. The Balaban J connectivity index is 1.82. The molecule has 3 N–H and O–H groups in total. The summed E-state index contributed by atoms with van der Waals surface area (Å²) in [5, 5.41) is 11.9. The largest absolute Gasteiger partial charge is 0.481 e. The van der Waals surface area contributed by atoms with Gasteiger partial charge in [-0.25, -0.2) is 13.1 Å². The summed E-state index contributed by atoms with van der Waals surface area (Å²) in [4.78, 5) is 23.7. The second kappa shape index (κ2) is 6.42. The van der Waals surface area contributed by atoms with Gasteiger partial charge in [-0.3, -0.25) is 9.59 Å². The zero-order chi connectivity index (χ0) is 18.2. The molecule has 25 heavy (non-hydrogen) atoms. The third-order valence-electron chi connectivity index (χ3n) is 4.84. The molecule has 7 nitrogen and oxygen atoms in total. The van der Waals surface area contributed by atoms with Crippen molar-refractivity contribution in [2.24, 2.45) is 0 Å². The number of carbonyl (C=O) groups excluding carboxylic acids is 1. The number of rotatable bonds is 7. The van der Waals surface area contributed by atoms with E-state index in [1.807, 2.05) is 0 Å². The highest BCUT2D eigenvalue weighted by Crippen LogP contribution is 2.35. The van der Waals surface area contributed by atoms with Gasteiger partial charge in [-0.2, -0.15) is 0 Å². The summed E-state index contributed by atoms with van der Waals surface area (Å²) < 4.78 is 27.3. The van der Waals surface area contributed by atoms with Crippen molar-refractivity contribution in [3.8, 4) is 0 Å². The third kappa shape index (κ3) is 4.01. The van der Waals surface area contributed by atoms with E-state index in [0.29, 0.717) is 18.4 Å². The van der Waals surface area contributed by atoms with Gasteiger partial charge in [0.05, 0.1) is 16.9 Å². The van der Waals surface area contributed by atoms with Crippen molar-refractivity contribution >= 4 is 21.9 Å². The first-order valence-electron chi connectivity index (χ1n) is 8.38. The molecule has 1 aromatic carbocycles. The Morgan fingerprint density at radius 3 is 2.48 bits per heavy atom. The van der Waals surface area contributed by atoms with Crippen LogP contribution in [-0.2, 0) is 14.8 Å². The van der Waals surface area contributed by atoms with Crippen LogP contribution in [0.2, 0.25) is 0 Å². The average molecular weight is 366 g/mol. The molecule has 0 aliphatic heterocycles. The number of aryl methyl sites for hydroxylation is 1. The van der Waals surface area contributed by atoms with Crippen LogP contribution in [0.5, 0.6) is 0 Å². The predicted octanol–water partition coefficient (Wildman–Crippen LogP) is 1.56. The molecule has 1 aromatic rings. The molecule has 2 fully saturated rings. The summed E-state index contributed by atoms with van der Waals surface area (Å²) in [6.45, 7) is 1.73. The first-order valence-corrected chi connectivity index (χ1v) is 9.86. The molecule has 2 aliphatic rings. The van der Waals surface area contributed by atoms with Crippen molar-refractivity contribution in [2.45, 2.75) is 61.9 Å². The number of carboxylic acid groups (broad SMARTS) is 1. The fraction of sp³-hybridized carbons (Fsp3) is 0.529. The highest BCUT2D eigenvalue weighted by Gasteiger charge is 2.40. The van der Waals surface area contributed by atoms with Gasteiger partial charge in [0.1, 0.15) is 0 Å². The van der Waals surface area contributed by atoms with Crippen LogP contribution in [0.25, 0.3) is 0 Å². The first kappa shape index (κ1) is 17.9. The molecule has 0 unspecified atom stereocenters. The van der Waals surface area contributed by atoms with Crippen LogP contribution in [0.4, 0.5) is 0 Å². The third-order valence-corrected chi connectivity index (χ3v) is 6.36. The SMILES string of the molecule is Cc1ccc(S(=O)(=O)NC2CC2)cc1C(=O)NC1(CC(=O)O)CCC1. The van der Waals surface area contributed by atoms with Crippen molar-refractivity contribution in [1.29, 1.82) is 0 Å². The lowest BCUT2D eigenvalue weighted by Gasteiger charge is -2.41. The minimum absolute atomic E-state index is 0.0163. The Morgan fingerprint density at radius 2 is 1.96 bits per heavy atom. The number of hydrogen-bond acceptors (Lipinski definition) is 4. The van der Waals surface area contributed by atoms with Crippen LogP contribution in [-0.4, -0.2) is 37.0 Å². The molecular formula is C17H22N2O5S. The fourth-order valence-electron chi connectivity index (χ4n) is 3.05. The molecule has 0 saturated heterocycles. The molecule has 0 heterocycles. The van der Waals surface area contributed by atoms with Crippen molar-refractivity contribution in [2.75, 3.05) is 0 Å². The summed E-state index contributed by atoms with van der Waals surface area (Å²) in [6.07, 6.45) is 3.63. The van der Waals surface area contributed by atoms with Crippen molar-refractivity contribution in [1.82, 2.24) is 10.0 Å². The van der Waals surface area contributed by atoms with Gasteiger partial charge in [-0.05, 0) is 56.7 Å². The lowest BCUT2D eigenvalue weighted by atomic mass is 9.74. The topological polar surface area (TPSA) is 113 Å². The van der Waals surface area contributed by atoms with Gasteiger partial charge in [0.2, 0.25) is 10.0 Å². The van der Waals surface area contributed by atoms with E-state index in [9.17, 15) is 18.0 Å². The fourth-order valence-corrected chi connectivity index (χ4v) is 4.38. The number of benzene rings is 1. The zero-order valence-corrected chi connectivity index (χ0v) is 14.9. The van der Waals surface area contributed by atoms with Crippen molar-refractivity contribution in [3.05, 3.63) is 29.3 Å². The Hall–Kier alpha value is -1.93.